The molecule has 0 amide bonds. The first-order valence-corrected chi connectivity index (χ1v) is 16.5. The number of hydrogen-bond donors (Lipinski definition) is 2. The van der Waals surface area contributed by atoms with Crippen LogP contribution < -0.4 is 5.32 Å². The molecule has 0 bridgehead atoms. The molecule has 0 atom stereocenters. The van der Waals surface area contributed by atoms with Crippen molar-refractivity contribution in [1.82, 2.24) is 14.3 Å². The quantitative estimate of drug-likeness (QED) is 0.393. The molecule has 0 saturated heterocycles. The highest BCUT2D eigenvalue weighted by molar-refractivity contribution is 7.89. The van der Waals surface area contributed by atoms with Gasteiger partial charge in [0.1, 0.15) is 0 Å². The van der Waals surface area contributed by atoms with Crippen molar-refractivity contribution in [3.63, 3.8) is 0 Å². The Kier molecular flexibility index (Phi) is 7.25. The van der Waals surface area contributed by atoms with E-state index in [-0.39, 0.29) is 36.3 Å². The van der Waals surface area contributed by atoms with E-state index < -0.39 is 18.3 Å². The van der Waals surface area contributed by atoms with Gasteiger partial charge >= 0.3 is 0 Å². The number of nitrogens with one attached hydrogen (secondary N) is 2. The Hall–Kier alpha value is -2.79. The Morgan fingerprint density at radius 1 is 1.08 bits per heavy atom. The van der Waals surface area contributed by atoms with Crippen LogP contribution in [0.15, 0.2) is 54.9 Å². The standard InChI is InChI=1S/C26H34N4O4SSi/c1-26(2,3)36(4,5)34-15-16-35(32,33)30-17-21-23(22(31)18-30)25(28-20-9-7-6-8-10-20)24(29-21)19-11-13-27-14-12-19/h6-14,28-29H,15-18H2,1-5H3. The van der Waals surface area contributed by atoms with Crippen molar-refractivity contribution in [2.45, 2.75) is 45.4 Å². The maximum Gasteiger partial charge on any atom is 0.217 e. The highest BCUT2D eigenvalue weighted by Crippen LogP contribution is 2.39. The zero-order valence-electron chi connectivity index (χ0n) is 21.5. The first kappa shape index (κ1) is 26.3. The largest absolute Gasteiger partial charge is 0.416 e. The molecule has 2 N–H and O–H groups in total. The number of ketones is 1. The number of hydrogen-bond acceptors (Lipinski definition) is 6. The molecule has 1 aromatic carbocycles. The predicted octanol–water partition coefficient (Wildman–Crippen LogP) is 5.17. The molecule has 1 aliphatic heterocycles. The van der Waals surface area contributed by atoms with Gasteiger partial charge in [0.05, 0.1) is 35.8 Å². The van der Waals surface area contributed by atoms with Crippen LogP contribution in [0.2, 0.25) is 18.1 Å². The number of aromatic amines is 1. The lowest BCUT2D eigenvalue weighted by molar-refractivity contribution is 0.0950. The highest BCUT2D eigenvalue weighted by atomic mass is 32.2. The van der Waals surface area contributed by atoms with Crippen LogP contribution >= 0.6 is 0 Å². The Bertz CT molecular complexity index is 1330. The summed E-state index contributed by atoms with van der Waals surface area (Å²) in [5.41, 5.74) is 4.12. The van der Waals surface area contributed by atoms with Crippen molar-refractivity contribution >= 4 is 35.5 Å². The summed E-state index contributed by atoms with van der Waals surface area (Å²) in [5.74, 6) is -0.407. The maximum absolute atomic E-state index is 13.4. The van der Waals surface area contributed by atoms with E-state index in [2.05, 4.69) is 49.1 Å². The SMILES string of the molecule is CC(C)(C)[Si](C)(C)OCCS(=O)(=O)N1CC(=O)c2c([nH]c(-c3ccncc3)c2Nc2ccccc2)C1. The molecule has 0 radical (unpaired) electrons. The smallest absolute Gasteiger partial charge is 0.217 e. The summed E-state index contributed by atoms with van der Waals surface area (Å²) in [6.07, 6.45) is 3.37. The molecule has 4 rings (SSSR count). The van der Waals surface area contributed by atoms with Gasteiger partial charge in [-0.05, 0) is 42.4 Å². The summed E-state index contributed by atoms with van der Waals surface area (Å²) >= 11 is 0. The van der Waals surface area contributed by atoms with E-state index >= 15 is 0 Å². The van der Waals surface area contributed by atoms with Crippen molar-refractivity contribution < 1.29 is 17.6 Å². The fraction of sp³-hybridized carbons (Fsp3) is 0.385. The van der Waals surface area contributed by atoms with Crippen LogP contribution in [0, 0.1) is 0 Å². The summed E-state index contributed by atoms with van der Waals surface area (Å²) < 4.78 is 33.7. The maximum atomic E-state index is 13.4. The van der Waals surface area contributed by atoms with Gasteiger partial charge in [0.15, 0.2) is 14.1 Å². The van der Waals surface area contributed by atoms with E-state index in [0.29, 0.717) is 16.9 Å². The minimum atomic E-state index is -3.69. The van der Waals surface area contributed by atoms with Crippen LogP contribution in [0.4, 0.5) is 11.4 Å². The normalized spacial score (nSPS) is 15.1. The van der Waals surface area contributed by atoms with E-state index in [1.54, 1.807) is 12.4 Å². The lowest BCUT2D eigenvalue weighted by Gasteiger charge is -2.36. The Morgan fingerprint density at radius 2 is 1.75 bits per heavy atom. The summed E-state index contributed by atoms with van der Waals surface area (Å²) in [6, 6.07) is 13.3. The lowest BCUT2D eigenvalue weighted by Crippen LogP contribution is -2.44. The van der Waals surface area contributed by atoms with Crippen molar-refractivity contribution in [2.24, 2.45) is 0 Å². The van der Waals surface area contributed by atoms with Gasteiger partial charge in [0.2, 0.25) is 10.0 Å². The minimum Gasteiger partial charge on any atom is -0.416 e. The summed E-state index contributed by atoms with van der Waals surface area (Å²) in [6.45, 7) is 10.5. The molecule has 8 nitrogen and oxygen atoms in total. The molecule has 0 fully saturated rings. The van der Waals surface area contributed by atoms with Crippen molar-refractivity contribution in [3.05, 3.63) is 66.1 Å². The van der Waals surface area contributed by atoms with E-state index in [1.165, 1.54) is 4.31 Å². The summed E-state index contributed by atoms with van der Waals surface area (Å²) in [5, 5.41) is 3.36. The number of Topliss-reactive ketones (excluding diaryl/α,β-unsaturated/α-hetero) is 1. The number of H-pyrrole nitrogens is 1. The van der Waals surface area contributed by atoms with Crippen molar-refractivity contribution in [1.29, 1.82) is 0 Å². The molecule has 0 spiro atoms. The lowest BCUT2D eigenvalue weighted by atomic mass is 10.0. The second-order valence-corrected chi connectivity index (χ2v) is 17.5. The third kappa shape index (κ3) is 5.46. The van der Waals surface area contributed by atoms with Gasteiger partial charge in [-0.3, -0.25) is 9.78 Å². The molecule has 0 unspecified atom stereocenters. The van der Waals surface area contributed by atoms with E-state index in [0.717, 1.165) is 16.9 Å². The molecule has 3 aromatic rings. The molecule has 192 valence electrons. The summed E-state index contributed by atoms with van der Waals surface area (Å²) in [4.78, 5) is 20.8. The molecule has 3 heterocycles. The number of carbonyl (C=O) groups is 1. The number of anilines is 2. The Labute approximate surface area is 214 Å². The van der Waals surface area contributed by atoms with Gasteiger partial charge in [-0.15, -0.1) is 0 Å². The number of para-hydroxylation sites is 1. The number of sulfonamides is 1. The van der Waals surface area contributed by atoms with Crippen molar-refractivity contribution in [3.8, 4) is 11.3 Å². The predicted molar refractivity (Wildman–Crippen MR) is 145 cm³/mol. The Balaban J connectivity index is 1.61. The number of fused-ring (bicyclic) bond motifs is 1. The average molecular weight is 527 g/mol. The first-order chi connectivity index (χ1) is 16.9. The number of rotatable bonds is 8. The molecule has 36 heavy (non-hydrogen) atoms. The second-order valence-electron chi connectivity index (χ2n) is 10.6. The molecule has 0 saturated carbocycles. The zero-order valence-corrected chi connectivity index (χ0v) is 23.3. The number of nitrogens with zero attached hydrogens (tertiary/aromatic N) is 2. The number of benzene rings is 1. The highest BCUT2D eigenvalue weighted by Gasteiger charge is 2.39. The fourth-order valence-corrected chi connectivity index (χ4v) is 6.31. The zero-order chi connectivity index (χ0) is 26.1. The molecule has 0 aliphatic carbocycles. The fourth-order valence-electron chi connectivity index (χ4n) is 3.92. The molecule has 10 heteroatoms. The second kappa shape index (κ2) is 9.93. The van der Waals surface area contributed by atoms with Gasteiger partial charge in [-0.1, -0.05) is 39.0 Å². The van der Waals surface area contributed by atoms with Crippen molar-refractivity contribution in [2.75, 3.05) is 24.2 Å². The average Bonchev–Trinajstić information content (AvgIpc) is 3.18. The molecular formula is C26H34N4O4SSi. The molecule has 2 aromatic heterocycles. The number of carbonyl (C=O) groups excluding carboxylic acids is 1. The van der Waals surface area contributed by atoms with Gasteiger partial charge in [-0.25, -0.2) is 8.42 Å². The summed E-state index contributed by atoms with van der Waals surface area (Å²) in [7, 11) is -5.77. The number of aromatic nitrogens is 2. The van der Waals surface area contributed by atoms with Crippen LogP contribution in [0.1, 0.15) is 36.8 Å². The van der Waals surface area contributed by atoms with Crippen LogP contribution in [0.25, 0.3) is 11.3 Å². The monoisotopic (exact) mass is 526 g/mol. The van der Waals surface area contributed by atoms with Gasteiger partial charge in [0, 0.05) is 35.9 Å². The third-order valence-corrected chi connectivity index (χ3v) is 13.3. The van der Waals surface area contributed by atoms with Crippen LogP contribution in [-0.2, 0) is 21.0 Å². The topological polar surface area (TPSA) is 104 Å². The first-order valence-electron chi connectivity index (χ1n) is 12.0. The van der Waals surface area contributed by atoms with Gasteiger partial charge in [0.25, 0.3) is 0 Å². The van der Waals surface area contributed by atoms with Gasteiger partial charge in [-0.2, -0.15) is 4.31 Å². The Morgan fingerprint density at radius 3 is 2.39 bits per heavy atom. The van der Waals surface area contributed by atoms with Crippen LogP contribution in [0.3, 0.4) is 0 Å². The molecule has 1 aliphatic rings. The minimum absolute atomic E-state index is 0.0114. The van der Waals surface area contributed by atoms with E-state index in [1.807, 2.05) is 42.5 Å². The van der Waals surface area contributed by atoms with E-state index in [4.69, 9.17) is 4.43 Å². The molecular weight excluding hydrogens is 492 g/mol. The number of pyridine rings is 1. The van der Waals surface area contributed by atoms with Gasteiger partial charge < -0.3 is 14.7 Å². The third-order valence-electron chi connectivity index (χ3n) is 7.03. The van der Waals surface area contributed by atoms with Crippen LogP contribution in [-0.4, -0.2) is 55.7 Å². The van der Waals surface area contributed by atoms with E-state index in [9.17, 15) is 13.2 Å². The van der Waals surface area contributed by atoms with Crippen LogP contribution in [0.5, 0.6) is 0 Å².